The van der Waals surface area contributed by atoms with E-state index in [1.54, 1.807) is 19.4 Å². The molecule has 1 saturated heterocycles. The van der Waals surface area contributed by atoms with E-state index in [2.05, 4.69) is 15.2 Å². The van der Waals surface area contributed by atoms with Crippen molar-refractivity contribution in [3.05, 3.63) is 47.8 Å². The van der Waals surface area contributed by atoms with Crippen LogP contribution in [0.2, 0.25) is 0 Å². The maximum Gasteiger partial charge on any atom is 0.163 e. The van der Waals surface area contributed by atoms with Crippen molar-refractivity contribution in [1.29, 1.82) is 0 Å². The van der Waals surface area contributed by atoms with Crippen molar-refractivity contribution in [3.63, 3.8) is 0 Å². The summed E-state index contributed by atoms with van der Waals surface area (Å²) < 4.78 is 25.7. The van der Waals surface area contributed by atoms with E-state index in [-0.39, 0.29) is 12.0 Å². The third-order valence-electron chi connectivity index (χ3n) is 5.43. The summed E-state index contributed by atoms with van der Waals surface area (Å²) in [4.78, 5) is 6.56. The van der Waals surface area contributed by atoms with Gasteiger partial charge in [0.2, 0.25) is 0 Å². The molecule has 1 N–H and O–H groups in total. The Bertz CT molecular complexity index is 863. The molecule has 0 saturated carbocycles. The van der Waals surface area contributed by atoms with Crippen LogP contribution in [0.4, 0.5) is 21.5 Å². The Morgan fingerprint density at radius 3 is 2.79 bits per heavy atom. The van der Waals surface area contributed by atoms with E-state index in [9.17, 15) is 4.39 Å². The molecule has 1 unspecified atom stereocenters. The van der Waals surface area contributed by atoms with Crippen LogP contribution in [0.25, 0.3) is 0 Å². The van der Waals surface area contributed by atoms with Crippen molar-refractivity contribution in [2.24, 2.45) is 10.9 Å². The molecule has 2 aliphatic rings. The molecule has 0 aliphatic carbocycles. The summed E-state index contributed by atoms with van der Waals surface area (Å²) >= 11 is 0. The van der Waals surface area contributed by atoms with Gasteiger partial charge in [-0.25, -0.2) is 4.39 Å². The van der Waals surface area contributed by atoms with E-state index in [0.29, 0.717) is 18.2 Å². The summed E-state index contributed by atoms with van der Waals surface area (Å²) in [6.07, 6.45) is 3.46. The van der Waals surface area contributed by atoms with Crippen LogP contribution in [0.1, 0.15) is 18.4 Å². The van der Waals surface area contributed by atoms with Gasteiger partial charge in [0.25, 0.3) is 0 Å². The number of methoxy groups -OCH3 is 1. The number of benzene rings is 2. The lowest BCUT2D eigenvalue weighted by atomic mass is 9.97. The summed E-state index contributed by atoms with van der Waals surface area (Å²) in [7, 11) is 1.64. The molecule has 2 aliphatic heterocycles. The van der Waals surface area contributed by atoms with Gasteiger partial charge in [0.1, 0.15) is 17.3 Å². The third kappa shape index (κ3) is 3.97. The highest BCUT2D eigenvalue weighted by atomic mass is 19.1. The predicted molar refractivity (Wildman–Crippen MR) is 111 cm³/mol. The molecule has 4 rings (SSSR count). The number of nitrogens with one attached hydrogen (secondary N) is 1. The monoisotopic (exact) mass is 383 g/mol. The zero-order chi connectivity index (χ0) is 19.5. The molecule has 0 amide bonds. The van der Waals surface area contributed by atoms with Gasteiger partial charge in [-0.05, 0) is 55.5 Å². The summed E-state index contributed by atoms with van der Waals surface area (Å²) in [6, 6.07) is 11.3. The van der Waals surface area contributed by atoms with Crippen LogP contribution in [0.15, 0.2) is 41.4 Å². The molecule has 5 nitrogen and oxygen atoms in total. The van der Waals surface area contributed by atoms with Crippen LogP contribution < -0.4 is 15.0 Å². The lowest BCUT2D eigenvalue weighted by Crippen LogP contribution is -2.36. The maximum atomic E-state index is 14.2. The van der Waals surface area contributed by atoms with Gasteiger partial charge in [-0.3, -0.25) is 4.99 Å². The SMILES string of the molecule is COC1C=Nc2cccc(OCC3CCN(c4ccc(C)cc4F)CC3)c2N1. The number of aliphatic imine (C=N–C) groups is 1. The van der Waals surface area contributed by atoms with Crippen LogP contribution >= 0.6 is 0 Å². The molecule has 0 spiro atoms. The lowest BCUT2D eigenvalue weighted by molar-refractivity contribution is 0.178. The van der Waals surface area contributed by atoms with E-state index < -0.39 is 0 Å². The molecule has 0 radical (unpaired) electrons. The van der Waals surface area contributed by atoms with Crippen molar-refractivity contribution in [2.75, 3.05) is 37.0 Å². The largest absolute Gasteiger partial charge is 0.491 e. The van der Waals surface area contributed by atoms with Crippen molar-refractivity contribution < 1.29 is 13.9 Å². The Balaban J connectivity index is 1.35. The Morgan fingerprint density at radius 2 is 2.04 bits per heavy atom. The second-order valence-electron chi connectivity index (χ2n) is 7.43. The zero-order valence-electron chi connectivity index (χ0n) is 16.3. The number of halogens is 1. The molecule has 148 valence electrons. The van der Waals surface area contributed by atoms with Gasteiger partial charge in [-0.2, -0.15) is 0 Å². The van der Waals surface area contributed by atoms with E-state index in [4.69, 9.17) is 9.47 Å². The second-order valence-corrected chi connectivity index (χ2v) is 7.43. The molecule has 1 fully saturated rings. The summed E-state index contributed by atoms with van der Waals surface area (Å²) in [6.45, 7) is 4.24. The second kappa shape index (κ2) is 8.19. The van der Waals surface area contributed by atoms with Crippen molar-refractivity contribution in [1.82, 2.24) is 0 Å². The Labute approximate surface area is 165 Å². The van der Waals surface area contributed by atoms with Crippen molar-refractivity contribution >= 4 is 23.3 Å². The molecule has 0 aromatic heterocycles. The molecule has 2 heterocycles. The summed E-state index contributed by atoms with van der Waals surface area (Å²) in [5, 5.41) is 3.30. The highest BCUT2D eigenvalue weighted by molar-refractivity contribution is 5.85. The molecular weight excluding hydrogens is 357 g/mol. The Morgan fingerprint density at radius 1 is 1.21 bits per heavy atom. The average molecular weight is 383 g/mol. The van der Waals surface area contributed by atoms with E-state index in [0.717, 1.165) is 48.6 Å². The fourth-order valence-corrected chi connectivity index (χ4v) is 3.76. The minimum atomic E-state index is -0.245. The standard InChI is InChI=1S/C22H26FN3O2/c1-15-6-7-19(17(23)12-15)26-10-8-16(9-11-26)14-28-20-5-3-4-18-22(20)25-21(27-2)13-24-18/h3-7,12-13,16,21,25H,8-11,14H2,1-2H3. The number of hydrogen-bond donors (Lipinski definition) is 1. The first kappa shape index (κ1) is 18.7. The van der Waals surface area contributed by atoms with Gasteiger partial charge in [-0.15, -0.1) is 0 Å². The number of nitrogens with zero attached hydrogens (tertiary/aromatic N) is 2. The van der Waals surface area contributed by atoms with Gasteiger partial charge in [0.15, 0.2) is 6.23 Å². The maximum absolute atomic E-state index is 14.2. The highest BCUT2D eigenvalue weighted by Crippen LogP contribution is 2.37. The minimum absolute atomic E-state index is 0.134. The van der Waals surface area contributed by atoms with Gasteiger partial charge >= 0.3 is 0 Å². The molecule has 2 aromatic rings. The smallest absolute Gasteiger partial charge is 0.163 e. The molecule has 6 heteroatoms. The number of aryl methyl sites for hydroxylation is 1. The third-order valence-corrected chi connectivity index (χ3v) is 5.43. The van der Waals surface area contributed by atoms with Crippen molar-refractivity contribution in [3.8, 4) is 5.75 Å². The van der Waals surface area contributed by atoms with Gasteiger partial charge in [0.05, 0.1) is 24.2 Å². The molecule has 1 atom stereocenters. The first-order chi connectivity index (χ1) is 13.6. The molecular formula is C22H26FN3O2. The normalized spacial score (nSPS) is 19.2. The lowest BCUT2D eigenvalue weighted by Gasteiger charge is -2.34. The zero-order valence-corrected chi connectivity index (χ0v) is 16.3. The predicted octanol–water partition coefficient (Wildman–Crippen LogP) is 4.53. The van der Waals surface area contributed by atoms with Crippen LogP contribution in [0.5, 0.6) is 5.75 Å². The molecule has 0 bridgehead atoms. The summed E-state index contributed by atoms with van der Waals surface area (Å²) in [5.74, 6) is 1.11. The number of rotatable bonds is 5. The van der Waals surface area contributed by atoms with Gasteiger partial charge in [-0.1, -0.05) is 12.1 Å². The van der Waals surface area contributed by atoms with Gasteiger partial charge < -0.3 is 19.7 Å². The number of piperidine rings is 1. The van der Waals surface area contributed by atoms with Crippen LogP contribution in [0, 0.1) is 18.7 Å². The number of para-hydroxylation sites is 1. The first-order valence-corrected chi connectivity index (χ1v) is 9.74. The number of fused-ring (bicyclic) bond motifs is 1. The topological polar surface area (TPSA) is 46.1 Å². The number of anilines is 2. The average Bonchev–Trinajstić information content (AvgIpc) is 2.72. The van der Waals surface area contributed by atoms with E-state index in [1.807, 2.05) is 37.3 Å². The quantitative estimate of drug-likeness (QED) is 0.824. The van der Waals surface area contributed by atoms with Crippen LogP contribution in [-0.2, 0) is 4.74 Å². The first-order valence-electron chi connectivity index (χ1n) is 9.74. The van der Waals surface area contributed by atoms with E-state index >= 15 is 0 Å². The Hall–Kier alpha value is -2.60. The van der Waals surface area contributed by atoms with Crippen LogP contribution in [-0.4, -0.2) is 39.2 Å². The molecule has 2 aromatic carbocycles. The van der Waals surface area contributed by atoms with E-state index in [1.165, 1.54) is 0 Å². The van der Waals surface area contributed by atoms with Crippen molar-refractivity contribution in [2.45, 2.75) is 26.0 Å². The minimum Gasteiger partial charge on any atom is -0.491 e. The number of ether oxygens (including phenoxy) is 2. The summed E-state index contributed by atoms with van der Waals surface area (Å²) in [5.41, 5.74) is 3.38. The number of hydrogen-bond acceptors (Lipinski definition) is 5. The fraction of sp³-hybridized carbons (Fsp3) is 0.409. The fourth-order valence-electron chi connectivity index (χ4n) is 3.76. The Kier molecular flexibility index (Phi) is 5.48. The highest BCUT2D eigenvalue weighted by Gasteiger charge is 2.23. The van der Waals surface area contributed by atoms with Crippen LogP contribution in [0.3, 0.4) is 0 Å². The molecule has 28 heavy (non-hydrogen) atoms. The van der Waals surface area contributed by atoms with Gasteiger partial charge in [0, 0.05) is 20.2 Å².